The molecule has 0 atom stereocenters. The van der Waals surface area contributed by atoms with Gasteiger partial charge in [-0.3, -0.25) is 14.2 Å². The van der Waals surface area contributed by atoms with Gasteiger partial charge in [0.05, 0.1) is 17.1 Å². The van der Waals surface area contributed by atoms with Gasteiger partial charge in [0.1, 0.15) is 10.8 Å². The molecule has 2 heterocycles. The molecule has 2 aromatic carbocycles. The maximum absolute atomic E-state index is 13.4. The van der Waals surface area contributed by atoms with Crippen molar-refractivity contribution in [2.45, 2.75) is 40.7 Å². The molecule has 1 N–H and O–H groups in total. The van der Waals surface area contributed by atoms with Gasteiger partial charge in [0.15, 0.2) is 11.6 Å². The SMILES string of the molecule is CCc1cc(C(=O)c2ccccc2Cl)c(-n2c(C)nnc2CNC(=O)c2ccc(C)c(C)c2)s1. The van der Waals surface area contributed by atoms with Crippen molar-refractivity contribution in [3.8, 4) is 5.00 Å². The van der Waals surface area contributed by atoms with E-state index in [1.54, 1.807) is 30.3 Å². The third-order valence-corrected chi connectivity index (χ3v) is 7.34. The van der Waals surface area contributed by atoms with Crippen molar-refractivity contribution in [2.75, 3.05) is 0 Å². The summed E-state index contributed by atoms with van der Waals surface area (Å²) < 4.78 is 1.84. The topological polar surface area (TPSA) is 76.9 Å². The van der Waals surface area contributed by atoms with Gasteiger partial charge in [-0.15, -0.1) is 21.5 Å². The average Bonchev–Trinajstić information content (AvgIpc) is 3.41. The summed E-state index contributed by atoms with van der Waals surface area (Å²) in [7, 11) is 0. The predicted molar refractivity (Wildman–Crippen MR) is 135 cm³/mol. The van der Waals surface area contributed by atoms with Gasteiger partial charge < -0.3 is 5.32 Å². The number of carbonyl (C=O) groups excluding carboxylic acids is 2. The predicted octanol–water partition coefficient (Wildman–Crippen LogP) is 5.63. The van der Waals surface area contributed by atoms with Gasteiger partial charge in [-0.2, -0.15) is 0 Å². The van der Waals surface area contributed by atoms with Crippen molar-refractivity contribution >= 4 is 34.6 Å². The molecule has 4 aromatic rings. The summed E-state index contributed by atoms with van der Waals surface area (Å²) in [5, 5.41) is 12.6. The number of ketones is 1. The van der Waals surface area contributed by atoms with Gasteiger partial charge in [0, 0.05) is 16.0 Å². The van der Waals surface area contributed by atoms with Crippen LogP contribution in [0.15, 0.2) is 48.5 Å². The lowest BCUT2D eigenvalue weighted by Gasteiger charge is -2.11. The maximum atomic E-state index is 13.4. The number of carbonyl (C=O) groups is 2. The number of aryl methyl sites for hydroxylation is 4. The van der Waals surface area contributed by atoms with Crippen LogP contribution in [0, 0.1) is 20.8 Å². The number of nitrogens with zero attached hydrogens (tertiary/aromatic N) is 3. The first-order valence-electron chi connectivity index (χ1n) is 11.0. The van der Waals surface area contributed by atoms with Gasteiger partial charge in [-0.25, -0.2) is 0 Å². The van der Waals surface area contributed by atoms with E-state index in [0.717, 1.165) is 27.4 Å². The Hall–Kier alpha value is -3.29. The smallest absolute Gasteiger partial charge is 0.251 e. The number of amides is 1. The first-order chi connectivity index (χ1) is 16.3. The van der Waals surface area contributed by atoms with Crippen LogP contribution in [0.4, 0.5) is 0 Å². The van der Waals surface area contributed by atoms with Crippen LogP contribution in [0.3, 0.4) is 0 Å². The number of hydrogen-bond donors (Lipinski definition) is 1. The summed E-state index contributed by atoms with van der Waals surface area (Å²) >= 11 is 7.83. The Morgan fingerprint density at radius 3 is 2.47 bits per heavy atom. The van der Waals surface area contributed by atoms with E-state index in [-0.39, 0.29) is 18.2 Å². The Bertz CT molecular complexity index is 1390. The van der Waals surface area contributed by atoms with Gasteiger partial charge in [0.2, 0.25) is 0 Å². The van der Waals surface area contributed by atoms with Gasteiger partial charge in [0.25, 0.3) is 5.91 Å². The summed E-state index contributed by atoms with van der Waals surface area (Å²) in [6.45, 7) is 8.03. The van der Waals surface area contributed by atoms with Crippen LogP contribution in [0.1, 0.15) is 60.9 Å². The van der Waals surface area contributed by atoms with Crippen molar-refractivity contribution in [1.82, 2.24) is 20.1 Å². The lowest BCUT2D eigenvalue weighted by atomic mass is 10.0. The molecule has 1 amide bonds. The minimum Gasteiger partial charge on any atom is -0.345 e. The van der Waals surface area contributed by atoms with Crippen molar-refractivity contribution < 1.29 is 9.59 Å². The molecule has 0 aliphatic rings. The molecule has 174 valence electrons. The van der Waals surface area contributed by atoms with E-state index in [1.807, 2.05) is 50.5 Å². The normalized spacial score (nSPS) is 11.0. The number of nitrogens with one attached hydrogen (secondary N) is 1. The molecule has 0 aliphatic heterocycles. The molecule has 8 heteroatoms. The zero-order chi connectivity index (χ0) is 24.4. The molecule has 0 bridgehead atoms. The van der Waals surface area contributed by atoms with E-state index >= 15 is 0 Å². The van der Waals surface area contributed by atoms with E-state index in [1.165, 1.54) is 11.3 Å². The third-order valence-electron chi connectivity index (χ3n) is 5.75. The molecule has 0 saturated carbocycles. The Morgan fingerprint density at radius 2 is 1.76 bits per heavy atom. The molecular weight excluding hydrogens is 468 g/mol. The quantitative estimate of drug-likeness (QED) is 0.339. The molecule has 0 fully saturated rings. The number of halogens is 1. The van der Waals surface area contributed by atoms with Crippen LogP contribution >= 0.6 is 22.9 Å². The molecule has 0 radical (unpaired) electrons. The number of aromatic nitrogens is 3. The molecule has 0 spiro atoms. The van der Waals surface area contributed by atoms with Crippen LogP contribution in [-0.4, -0.2) is 26.5 Å². The van der Waals surface area contributed by atoms with Crippen LogP contribution in [0.25, 0.3) is 5.00 Å². The molecule has 34 heavy (non-hydrogen) atoms. The highest BCUT2D eigenvalue weighted by Crippen LogP contribution is 2.32. The second kappa shape index (κ2) is 9.91. The summed E-state index contributed by atoms with van der Waals surface area (Å²) in [4.78, 5) is 27.3. The first kappa shape index (κ1) is 23.9. The standard InChI is InChI=1S/C26H25ClN4O2S/c1-5-19-13-21(24(32)20-8-6-7-9-22(20)27)26(34-19)31-17(4)29-30-23(31)14-28-25(33)18-11-10-15(2)16(3)12-18/h6-13H,5,14H2,1-4H3,(H,28,33). The van der Waals surface area contributed by atoms with Crippen LogP contribution in [0.2, 0.25) is 5.02 Å². The van der Waals surface area contributed by atoms with E-state index in [2.05, 4.69) is 15.5 Å². The van der Waals surface area contributed by atoms with Crippen molar-refractivity contribution in [3.63, 3.8) is 0 Å². The van der Waals surface area contributed by atoms with Gasteiger partial charge in [-0.1, -0.05) is 36.7 Å². The highest BCUT2D eigenvalue weighted by molar-refractivity contribution is 7.15. The minimum absolute atomic E-state index is 0.158. The molecular formula is C26H25ClN4O2S. The Morgan fingerprint density at radius 1 is 1.00 bits per heavy atom. The van der Waals surface area contributed by atoms with Crippen LogP contribution in [0.5, 0.6) is 0 Å². The fourth-order valence-electron chi connectivity index (χ4n) is 3.65. The minimum atomic E-state index is -0.192. The molecule has 2 aromatic heterocycles. The highest BCUT2D eigenvalue weighted by atomic mass is 35.5. The average molecular weight is 493 g/mol. The monoisotopic (exact) mass is 492 g/mol. The number of benzene rings is 2. The molecule has 6 nitrogen and oxygen atoms in total. The van der Waals surface area contributed by atoms with E-state index < -0.39 is 0 Å². The summed E-state index contributed by atoms with van der Waals surface area (Å²) in [6.07, 6.45) is 0.785. The zero-order valence-electron chi connectivity index (χ0n) is 19.5. The number of hydrogen-bond acceptors (Lipinski definition) is 5. The van der Waals surface area contributed by atoms with E-state index in [4.69, 9.17) is 11.6 Å². The zero-order valence-corrected chi connectivity index (χ0v) is 21.0. The number of thiophene rings is 1. The van der Waals surface area contributed by atoms with Gasteiger partial charge >= 0.3 is 0 Å². The molecule has 4 rings (SSSR count). The largest absolute Gasteiger partial charge is 0.345 e. The highest BCUT2D eigenvalue weighted by Gasteiger charge is 2.24. The Labute approximate surface area is 207 Å². The second-order valence-electron chi connectivity index (χ2n) is 8.07. The molecule has 0 aliphatic carbocycles. The van der Waals surface area contributed by atoms with E-state index in [0.29, 0.717) is 33.4 Å². The summed E-state index contributed by atoms with van der Waals surface area (Å²) in [5.74, 6) is 0.832. The molecule has 0 saturated heterocycles. The fraction of sp³-hybridized carbons (Fsp3) is 0.231. The van der Waals surface area contributed by atoms with Gasteiger partial charge in [-0.05, 0) is 68.7 Å². The fourth-order valence-corrected chi connectivity index (χ4v) is 5.04. The van der Waals surface area contributed by atoms with Crippen molar-refractivity contribution in [1.29, 1.82) is 0 Å². The Kier molecular flexibility index (Phi) is 6.95. The Balaban J connectivity index is 1.67. The first-order valence-corrected chi connectivity index (χ1v) is 12.2. The van der Waals surface area contributed by atoms with Crippen LogP contribution < -0.4 is 5.32 Å². The number of rotatable bonds is 7. The lowest BCUT2D eigenvalue weighted by molar-refractivity contribution is 0.0948. The lowest BCUT2D eigenvalue weighted by Crippen LogP contribution is -2.25. The van der Waals surface area contributed by atoms with Crippen molar-refractivity contribution in [2.24, 2.45) is 0 Å². The maximum Gasteiger partial charge on any atom is 0.251 e. The van der Waals surface area contributed by atoms with Crippen molar-refractivity contribution in [3.05, 3.63) is 97.9 Å². The summed E-state index contributed by atoms with van der Waals surface area (Å²) in [5.41, 5.74) is 3.76. The second-order valence-corrected chi connectivity index (χ2v) is 9.60. The molecule has 0 unspecified atom stereocenters. The third kappa shape index (κ3) is 4.67. The van der Waals surface area contributed by atoms with E-state index in [9.17, 15) is 9.59 Å². The van der Waals surface area contributed by atoms with Crippen LogP contribution in [-0.2, 0) is 13.0 Å². The summed E-state index contributed by atoms with van der Waals surface area (Å²) in [6, 6.07) is 14.5.